The molecule has 0 aliphatic rings. The van der Waals surface area contributed by atoms with E-state index >= 15 is 0 Å². The lowest BCUT2D eigenvalue weighted by atomic mass is 10.0. The normalized spacial score (nSPS) is 12.8. The predicted octanol–water partition coefficient (Wildman–Crippen LogP) is 15.1. The van der Waals surface area contributed by atoms with Gasteiger partial charge in [-0.3, -0.25) is 9.59 Å². The monoisotopic (exact) mass is 818 g/mol. The van der Waals surface area contributed by atoms with Crippen LogP contribution in [0.25, 0.3) is 0 Å². The van der Waals surface area contributed by atoms with E-state index in [9.17, 15) is 19.8 Å². The molecule has 0 aromatic heterocycles. The highest BCUT2D eigenvalue weighted by Crippen LogP contribution is 2.16. The second-order valence-corrected chi connectivity index (χ2v) is 17.5. The van der Waals surface area contributed by atoms with Crippen molar-refractivity contribution in [2.45, 2.75) is 283 Å². The summed E-state index contributed by atoms with van der Waals surface area (Å²) in [5.41, 5.74) is 0. The molecule has 58 heavy (non-hydrogen) atoms. The molecule has 0 bridgehead atoms. The molecule has 0 aromatic carbocycles. The largest absolute Gasteiger partial charge is 0.466 e. The van der Waals surface area contributed by atoms with Gasteiger partial charge in [0.05, 0.1) is 25.4 Å². The standard InChI is InChI=1S/C52H99NO5/c1-3-5-7-9-11-13-15-20-24-28-32-36-40-44-50(55)49(48-54)53-51(56)45-41-37-33-29-25-22-18-17-19-23-27-31-35-39-43-47-58-52(57)46-42-38-34-30-26-21-16-14-12-10-8-6-4-2/h17,19,23,27,49-50,54-55H,3-16,18,20-22,24-26,28-48H2,1-2H3,(H,53,56)/b19-17-,27-23-. The van der Waals surface area contributed by atoms with Gasteiger partial charge in [-0.25, -0.2) is 0 Å². The Hall–Kier alpha value is -1.66. The smallest absolute Gasteiger partial charge is 0.305 e. The Balaban J connectivity index is 3.52. The van der Waals surface area contributed by atoms with Crippen LogP contribution < -0.4 is 5.32 Å². The summed E-state index contributed by atoms with van der Waals surface area (Å²) in [4.78, 5) is 24.4. The Morgan fingerprint density at radius 3 is 1.28 bits per heavy atom. The Kier molecular flexibility index (Phi) is 46.6. The summed E-state index contributed by atoms with van der Waals surface area (Å²) in [5.74, 6) is -0.0780. The zero-order valence-corrected chi connectivity index (χ0v) is 38.8. The molecule has 2 atom stereocenters. The van der Waals surface area contributed by atoms with Crippen molar-refractivity contribution in [3.63, 3.8) is 0 Å². The number of amides is 1. The van der Waals surface area contributed by atoms with Crippen LogP contribution in [-0.2, 0) is 14.3 Å². The fourth-order valence-electron chi connectivity index (χ4n) is 7.81. The quantitative estimate of drug-likeness (QED) is 0.0323. The molecule has 6 nitrogen and oxygen atoms in total. The van der Waals surface area contributed by atoms with Crippen molar-refractivity contribution in [3.8, 4) is 0 Å². The summed E-state index contributed by atoms with van der Waals surface area (Å²) in [5, 5.41) is 23.2. The van der Waals surface area contributed by atoms with Gasteiger partial charge in [-0.15, -0.1) is 0 Å². The molecule has 0 aliphatic carbocycles. The summed E-state index contributed by atoms with van der Waals surface area (Å²) in [7, 11) is 0. The Bertz CT molecular complexity index is 904. The number of nitrogens with one attached hydrogen (secondary N) is 1. The second kappa shape index (κ2) is 48.0. The van der Waals surface area contributed by atoms with Gasteiger partial charge in [-0.2, -0.15) is 0 Å². The highest BCUT2D eigenvalue weighted by Gasteiger charge is 2.20. The molecule has 342 valence electrons. The molecule has 0 spiro atoms. The van der Waals surface area contributed by atoms with Crippen LogP contribution in [0.2, 0.25) is 0 Å². The number of carbonyl (C=O) groups is 2. The minimum atomic E-state index is -0.677. The number of hydrogen-bond acceptors (Lipinski definition) is 5. The van der Waals surface area contributed by atoms with Gasteiger partial charge in [-0.05, 0) is 57.8 Å². The molecule has 0 fully saturated rings. The molecule has 0 heterocycles. The SMILES string of the molecule is CCCCCCCCCCCCCCCC(=O)OCCCCC/C=C\C=C/CCCCCCCCC(=O)NC(CO)C(O)CCCCCCCCCCCCCCC. The van der Waals surface area contributed by atoms with Crippen molar-refractivity contribution in [1.82, 2.24) is 5.32 Å². The van der Waals surface area contributed by atoms with E-state index in [1.807, 2.05) is 0 Å². The first-order valence-corrected chi connectivity index (χ1v) is 25.6. The van der Waals surface area contributed by atoms with Crippen molar-refractivity contribution < 1.29 is 24.5 Å². The van der Waals surface area contributed by atoms with E-state index in [0.717, 1.165) is 77.0 Å². The summed E-state index contributed by atoms with van der Waals surface area (Å²) in [6.45, 7) is 4.89. The number of rotatable bonds is 47. The van der Waals surface area contributed by atoms with Crippen molar-refractivity contribution in [3.05, 3.63) is 24.3 Å². The molecule has 0 rings (SSSR count). The number of unbranched alkanes of at least 4 members (excludes halogenated alkanes) is 33. The molecule has 1 amide bonds. The van der Waals surface area contributed by atoms with Crippen LogP contribution in [0.15, 0.2) is 24.3 Å². The third-order valence-corrected chi connectivity index (χ3v) is 11.8. The number of aliphatic hydroxyl groups is 2. The molecule has 0 aliphatic heterocycles. The zero-order valence-electron chi connectivity index (χ0n) is 38.8. The molecule has 0 radical (unpaired) electrons. The van der Waals surface area contributed by atoms with Gasteiger partial charge in [0.15, 0.2) is 0 Å². The molecule has 3 N–H and O–H groups in total. The molecular weight excluding hydrogens is 719 g/mol. The minimum Gasteiger partial charge on any atom is -0.466 e. The van der Waals surface area contributed by atoms with Crippen LogP contribution in [0.4, 0.5) is 0 Å². The fraction of sp³-hybridized carbons (Fsp3) is 0.885. The molecule has 0 aromatic rings. The van der Waals surface area contributed by atoms with Crippen molar-refractivity contribution in [1.29, 1.82) is 0 Å². The van der Waals surface area contributed by atoms with E-state index in [-0.39, 0.29) is 18.5 Å². The minimum absolute atomic E-state index is 0.0204. The second-order valence-electron chi connectivity index (χ2n) is 17.5. The van der Waals surface area contributed by atoms with E-state index in [2.05, 4.69) is 43.5 Å². The molecular formula is C52H99NO5. The highest BCUT2D eigenvalue weighted by atomic mass is 16.5. The molecule has 0 saturated heterocycles. The summed E-state index contributed by atoms with van der Waals surface area (Å²) in [6.07, 6.45) is 55.7. The van der Waals surface area contributed by atoms with Gasteiger partial charge in [-0.1, -0.05) is 224 Å². The first-order chi connectivity index (χ1) is 28.5. The van der Waals surface area contributed by atoms with Crippen LogP contribution in [0, 0.1) is 0 Å². The third kappa shape index (κ3) is 43.9. The molecule has 6 heteroatoms. The van der Waals surface area contributed by atoms with Crippen LogP contribution in [-0.4, -0.2) is 47.4 Å². The van der Waals surface area contributed by atoms with E-state index < -0.39 is 12.1 Å². The number of allylic oxidation sites excluding steroid dienone is 4. The maximum atomic E-state index is 12.4. The topological polar surface area (TPSA) is 95.9 Å². The zero-order chi connectivity index (χ0) is 42.3. The number of aliphatic hydroxyl groups excluding tert-OH is 2. The number of ether oxygens (including phenoxy) is 1. The van der Waals surface area contributed by atoms with Crippen molar-refractivity contribution in [2.24, 2.45) is 0 Å². The summed E-state index contributed by atoms with van der Waals surface area (Å²) in [6, 6.07) is -0.556. The predicted molar refractivity (Wildman–Crippen MR) is 250 cm³/mol. The van der Waals surface area contributed by atoms with Gasteiger partial charge < -0.3 is 20.3 Å². The fourth-order valence-corrected chi connectivity index (χ4v) is 7.81. The van der Waals surface area contributed by atoms with E-state index in [1.54, 1.807) is 0 Å². The lowest BCUT2D eigenvalue weighted by Gasteiger charge is -2.22. The van der Waals surface area contributed by atoms with Gasteiger partial charge in [0.2, 0.25) is 5.91 Å². The molecule has 2 unspecified atom stereocenters. The van der Waals surface area contributed by atoms with Crippen LogP contribution in [0.3, 0.4) is 0 Å². The van der Waals surface area contributed by atoms with Gasteiger partial charge >= 0.3 is 5.97 Å². The average molecular weight is 818 g/mol. The first kappa shape index (κ1) is 56.3. The van der Waals surface area contributed by atoms with E-state index in [4.69, 9.17) is 4.74 Å². The first-order valence-electron chi connectivity index (χ1n) is 25.6. The third-order valence-electron chi connectivity index (χ3n) is 11.8. The lowest BCUT2D eigenvalue weighted by Crippen LogP contribution is -2.45. The number of hydrogen-bond donors (Lipinski definition) is 3. The van der Waals surface area contributed by atoms with Crippen LogP contribution in [0.5, 0.6) is 0 Å². The van der Waals surface area contributed by atoms with E-state index in [0.29, 0.717) is 25.9 Å². The average Bonchev–Trinajstić information content (AvgIpc) is 3.22. The van der Waals surface area contributed by atoms with Gasteiger partial charge in [0.25, 0.3) is 0 Å². The van der Waals surface area contributed by atoms with Crippen LogP contribution >= 0.6 is 0 Å². The van der Waals surface area contributed by atoms with E-state index in [1.165, 1.54) is 161 Å². The maximum absolute atomic E-state index is 12.4. The van der Waals surface area contributed by atoms with Gasteiger partial charge in [0, 0.05) is 12.8 Å². The van der Waals surface area contributed by atoms with Gasteiger partial charge in [0.1, 0.15) is 0 Å². The van der Waals surface area contributed by atoms with Crippen molar-refractivity contribution in [2.75, 3.05) is 13.2 Å². The van der Waals surface area contributed by atoms with Crippen molar-refractivity contribution >= 4 is 11.9 Å². The summed E-state index contributed by atoms with van der Waals surface area (Å²) >= 11 is 0. The lowest BCUT2D eigenvalue weighted by molar-refractivity contribution is -0.143. The Morgan fingerprint density at radius 1 is 0.483 bits per heavy atom. The number of esters is 1. The maximum Gasteiger partial charge on any atom is 0.305 e. The molecule has 0 saturated carbocycles. The Morgan fingerprint density at radius 2 is 0.845 bits per heavy atom. The highest BCUT2D eigenvalue weighted by molar-refractivity contribution is 5.76. The summed E-state index contributed by atoms with van der Waals surface area (Å²) < 4.78 is 5.43. The van der Waals surface area contributed by atoms with Crippen LogP contribution in [0.1, 0.15) is 271 Å². The number of carbonyl (C=O) groups excluding carboxylic acids is 2. The Labute approximate surface area is 361 Å².